The second-order valence-electron chi connectivity index (χ2n) is 3.07. The zero-order valence-electron chi connectivity index (χ0n) is 10.3. The van der Waals surface area contributed by atoms with Gasteiger partial charge in [-0.25, -0.2) is 0 Å². The molecule has 0 bridgehead atoms. The van der Waals surface area contributed by atoms with Crippen LogP contribution in [0.5, 0.6) is 0 Å². The summed E-state index contributed by atoms with van der Waals surface area (Å²) in [4.78, 5) is 11.4. The van der Waals surface area contributed by atoms with Crippen molar-refractivity contribution in [1.82, 2.24) is 15.0 Å². The van der Waals surface area contributed by atoms with Crippen LogP contribution >= 0.6 is 0 Å². The Labute approximate surface area is 126 Å². The Morgan fingerprint density at radius 2 is 0.526 bits per heavy atom. The maximum atomic E-state index is 3.78. The quantitative estimate of drug-likeness (QED) is 0.590. The summed E-state index contributed by atoms with van der Waals surface area (Å²) >= 11 is 0. The van der Waals surface area contributed by atoms with Gasteiger partial charge in [-0.15, -0.1) is 0 Å². The number of hydrogen-bond donors (Lipinski definition) is 0. The Kier molecular flexibility index (Phi) is 12.7. The van der Waals surface area contributed by atoms with Crippen LogP contribution in [0.1, 0.15) is 0 Å². The van der Waals surface area contributed by atoms with E-state index < -0.39 is 0 Å². The third-order valence-electron chi connectivity index (χ3n) is 1.70. The molecule has 0 aromatic carbocycles. The molecule has 3 heterocycles. The van der Waals surface area contributed by atoms with Crippen molar-refractivity contribution in [3.8, 4) is 0 Å². The van der Waals surface area contributed by atoms with E-state index in [0.717, 1.165) is 0 Å². The zero-order valence-corrected chi connectivity index (χ0v) is 12.0. The fraction of sp³-hybridized carbons (Fsp3) is 0. The topological polar surface area (TPSA) is 38.7 Å². The minimum Gasteiger partial charge on any atom is -0.265 e. The Balaban J connectivity index is 0.000000249. The number of rotatable bonds is 0. The summed E-state index contributed by atoms with van der Waals surface area (Å²) in [6.45, 7) is 0. The third-order valence-corrected chi connectivity index (χ3v) is 1.70. The predicted octanol–water partition coefficient (Wildman–Crippen LogP) is 3.24. The molecule has 3 aromatic rings. The van der Waals surface area contributed by atoms with Gasteiger partial charge in [0.2, 0.25) is 0 Å². The molecule has 0 atom stereocenters. The van der Waals surface area contributed by atoms with Crippen LogP contribution in [0.15, 0.2) is 91.8 Å². The Morgan fingerprint density at radius 3 is 0.579 bits per heavy atom. The van der Waals surface area contributed by atoms with Crippen molar-refractivity contribution >= 4 is 0 Å². The van der Waals surface area contributed by atoms with Crippen molar-refractivity contribution in [2.24, 2.45) is 0 Å². The molecule has 0 unspecified atom stereocenters. The minimum atomic E-state index is 0. The van der Waals surface area contributed by atoms with E-state index in [0.29, 0.717) is 0 Å². The van der Waals surface area contributed by atoms with E-state index in [9.17, 15) is 0 Å². The number of pyridine rings is 3. The van der Waals surface area contributed by atoms with E-state index in [4.69, 9.17) is 0 Å². The summed E-state index contributed by atoms with van der Waals surface area (Å²) < 4.78 is 0. The van der Waals surface area contributed by atoms with E-state index in [1.807, 2.05) is 54.6 Å². The van der Waals surface area contributed by atoms with Crippen LogP contribution in [0.25, 0.3) is 0 Å². The molecule has 0 fully saturated rings. The summed E-state index contributed by atoms with van der Waals surface area (Å²) in [5, 5.41) is 0. The summed E-state index contributed by atoms with van der Waals surface area (Å²) in [6.07, 6.45) is 10.5. The Hall–Kier alpha value is -1.93. The Bertz CT molecular complexity index is 308. The molecule has 0 amide bonds. The fourth-order valence-corrected chi connectivity index (χ4v) is 0.938. The molecular formula is C15H15N3Rh. The fourth-order valence-electron chi connectivity index (χ4n) is 0.938. The van der Waals surface area contributed by atoms with Gasteiger partial charge in [-0.2, -0.15) is 0 Å². The van der Waals surface area contributed by atoms with Gasteiger partial charge in [0.15, 0.2) is 0 Å². The summed E-state index contributed by atoms with van der Waals surface area (Å²) in [7, 11) is 0. The van der Waals surface area contributed by atoms with Crippen LogP contribution in [0.4, 0.5) is 0 Å². The summed E-state index contributed by atoms with van der Waals surface area (Å²) in [5.41, 5.74) is 0. The third kappa shape index (κ3) is 12.3. The first kappa shape index (κ1) is 17.1. The van der Waals surface area contributed by atoms with E-state index >= 15 is 0 Å². The molecule has 0 aliphatic rings. The normalized spacial score (nSPS) is 7.58. The van der Waals surface area contributed by atoms with Crippen molar-refractivity contribution in [3.05, 3.63) is 91.8 Å². The molecule has 0 aliphatic carbocycles. The molecule has 0 saturated heterocycles. The maximum Gasteiger partial charge on any atom is 0.0267 e. The molecule has 3 rings (SSSR count). The van der Waals surface area contributed by atoms with Gasteiger partial charge in [-0.1, -0.05) is 18.2 Å². The molecule has 0 N–H and O–H groups in total. The number of aromatic nitrogens is 3. The van der Waals surface area contributed by atoms with E-state index in [-0.39, 0.29) is 19.5 Å². The van der Waals surface area contributed by atoms with Gasteiger partial charge < -0.3 is 0 Å². The van der Waals surface area contributed by atoms with Crippen molar-refractivity contribution in [2.45, 2.75) is 0 Å². The smallest absolute Gasteiger partial charge is 0.0267 e. The van der Waals surface area contributed by atoms with E-state index in [1.165, 1.54) is 0 Å². The second-order valence-corrected chi connectivity index (χ2v) is 3.07. The van der Waals surface area contributed by atoms with Crippen molar-refractivity contribution in [1.29, 1.82) is 0 Å². The molecular weight excluding hydrogens is 325 g/mol. The van der Waals surface area contributed by atoms with Crippen LogP contribution in [-0.2, 0) is 19.5 Å². The molecule has 4 heteroatoms. The minimum absolute atomic E-state index is 0. The van der Waals surface area contributed by atoms with Crippen LogP contribution in [-0.4, -0.2) is 15.0 Å². The molecule has 0 saturated carbocycles. The molecule has 0 spiro atoms. The molecule has 1 radical (unpaired) electrons. The van der Waals surface area contributed by atoms with Gasteiger partial charge in [-0.3, -0.25) is 15.0 Å². The SMILES string of the molecule is [Rh].c1ccncc1.c1ccncc1.c1ccncc1. The van der Waals surface area contributed by atoms with Crippen molar-refractivity contribution < 1.29 is 19.5 Å². The first-order valence-corrected chi connectivity index (χ1v) is 5.55. The average Bonchev–Trinajstić information content (AvgIpc) is 2.54. The van der Waals surface area contributed by atoms with Crippen molar-refractivity contribution in [2.75, 3.05) is 0 Å². The van der Waals surface area contributed by atoms with Crippen LogP contribution in [0.3, 0.4) is 0 Å². The largest absolute Gasteiger partial charge is 0.265 e. The molecule has 99 valence electrons. The summed E-state index contributed by atoms with van der Waals surface area (Å²) in [6, 6.07) is 17.1. The monoisotopic (exact) mass is 340 g/mol. The standard InChI is InChI=1S/3C5H5N.Rh/c3*1-2-4-6-5-3-1;/h3*1-5H;. The predicted molar refractivity (Wildman–Crippen MR) is 72.7 cm³/mol. The number of hydrogen-bond acceptors (Lipinski definition) is 3. The first-order valence-electron chi connectivity index (χ1n) is 5.55. The van der Waals surface area contributed by atoms with Crippen molar-refractivity contribution in [3.63, 3.8) is 0 Å². The second kappa shape index (κ2) is 14.1. The van der Waals surface area contributed by atoms with Gasteiger partial charge in [0.25, 0.3) is 0 Å². The number of nitrogens with zero attached hydrogens (tertiary/aromatic N) is 3. The van der Waals surface area contributed by atoms with Gasteiger partial charge in [-0.05, 0) is 36.4 Å². The zero-order chi connectivity index (χ0) is 12.7. The van der Waals surface area contributed by atoms with E-state index in [2.05, 4.69) is 15.0 Å². The molecule has 0 aliphatic heterocycles. The van der Waals surface area contributed by atoms with Crippen LogP contribution in [0.2, 0.25) is 0 Å². The van der Waals surface area contributed by atoms with Gasteiger partial charge >= 0.3 is 0 Å². The molecule has 3 nitrogen and oxygen atoms in total. The van der Waals surface area contributed by atoms with Gasteiger partial charge in [0.1, 0.15) is 0 Å². The van der Waals surface area contributed by atoms with Crippen LogP contribution < -0.4 is 0 Å². The van der Waals surface area contributed by atoms with Gasteiger partial charge in [0.05, 0.1) is 0 Å². The van der Waals surface area contributed by atoms with Crippen LogP contribution in [0, 0.1) is 0 Å². The maximum absolute atomic E-state index is 3.78. The molecule has 3 aromatic heterocycles. The average molecular weight is 340 g/mol. The Morgan fingerprint density at radius 1 is 0.316 bits per heavy atom. The first-order chi connectivity index (χ1) is 9.00. The van der Waals surface area contributed by atoms with E-state index in [1.54, 1.807) is 37.2 Å². The van der Waals surface area contributed by atoms with Gasteiger partial charge in [0, 0.05) is 56.7 Å². The summed E-state index contributed by atoms with van der Waals surface area (Å²) in [5.74, 6) is 0. The molecule has 19 heavy (non-hydrogen) atoms.